The molecule has 0 aliphatic rings. The number of carbonyl (C=O) groups is 1. The summed E-state index contributed by atoms with van der Waals surface area (Å²) in [5.74, 6) is 0.0430. The number of unbranched alkanes of at least 4 members (excludes halogenated alkanes) is 1. The van der Waals surface area contributed by atoms with E-state index in [0.29, 0.717) is 24.7 Å². The molecule has 0 saturated heterocycles. The normalized spacial score (nSPS) is 10.1. The van der Waals surface area contributed by atoms with Crippen molar-refractivity contribution in [1.29, 1.82) is 0 Å². The van der Waals surface area contributed by atoms with Crippen molar-refractivity contribution in [3.05, 3.63) is 23.8 Å². The van der Waals surface area contributed by atoms with E-state index in [1.54, 1.807) is 12.1 Å². The van der Waals surface area contributed by atoms with Gasteiger partial charge in [-0.05, 0) is 25.0 Å². The molecule has 1 N–H and O–H groups in total. The topological polar surface area (TPSA) is 55.8 Å². The molecule has 4 nitrogen and oxygen atoms in total. The van der Waals surface area contributed by atoms with Gasteiger partial charge in [0, 0.05) is 6.07 Å². The van der Waals surface area contributed by atoms with E-state index in [9.17, 15) is 4.79 Å². The largest absolute Gasteiger partial charge is 0.493 e. The van der Waals surface area contributed by atoms with Gasteiger partial charge in [0.15, 0.2) is 0 Å². The van der Waals surface area contributed by atoms with Crippen LogP contribution in [0.25, 0.3) is 0 Å². The molecule has 18 heavy (non-hydrogen) atoms. The van der Waals surface area contributed by atoms with E-state index < -0.39 is 5.97 Å². The van der Waals surface area contributed by atoms with Crippen molar-refractivity contribution >= 4 is 5.97 Å². The van der Waals surface area contributed by atoms with Gasteiger partial charge >= 0.3 is 5.97 Å². The summed E-state index contributed by atoms with van der Waals surface area (Å²) in [6, 6.07) is 4.83. The molecule has 0 heterocycles. The van der Waals surface area contributed by atoms with Gasteiger partial charge in [0.1, 0.15) is 17.1 Å². The van der Waals surface area contributed by atoms with Crippen molar-refractivity contribution < 1.29 is 19.4 Å². The Hall–Kier alpha value is -1.71. The molecule has 0 aliphatic heterocycles. The molecule has 0 amide bonds. The van der Waals surface area contributed by atoms with Crippen LogP contribution in [0.15, 0.2) is 18.2 Å². The standard InChI is InChI=1S/C14H20O4/c1-3-5-9-18-13-10-11(17-8-4-2)6-7-12(13)14(15)16/h6-7,10H,3-5,8-9H2,1-2H3,(H,15,16). The molecule has 4 heteroatoms. The zero-order chi connectivity index (χ0) is 13.4. The zero-order valence-electron chi connectivity index (χ0n) is 10.9. The number of benzene rings is 1. The van der Waals surface area contributed by atoms with Crippen molar-refractivity contribution in [2.75, 3.05) is 13.2 Å². The lowest BCUT2D eigenvalue weighted by Crippen LogP contribution is -2.05. The van der Waals surface area contributed by atoms with E-state index in [4.69, 9.17) is 14.6 Å². The number of rotatable bonds is 8. The molecule has 0 aliphatic carbocycles. The third-order valence-electron chi connectivity index (χ3n) is 2.41. The van der Waals surface area contributed by atoms with Crippen LogP contribution >= 0.6 is 0 Å². The van der Waals surface area contributed by atoms with Crippen molar-refractivity contribution in [2.45, 2.75) is 33.1 Å². The van der Waals surface area contributed by atoms with Crippen LogP contribution in [0, 0.1) is 0 Å². The van der Waals surface area contributed by atoms with Crippen molar-refractivity contribution in [3.8, 4) is 11.5 Å². The third kappa shape index (κ3) is 4.28. The highest BCUT2D eigenvalue weighted by Gasteiger charge is 2.12. The lowest BCUT2D eigenvalue weighted by Gasteiger charge is -2.11. The van der Waals surface area contributed by atoms with Crippen LogP contribution in [0.4, 0.5) is 0 Å². The summed E-state index contributed by atoms with van der Waals surface area (Å²) in [6.45, 7) is 5.21. The third-order valence-corrected chi connectivity index (χ3v) is 2.41. The molecule has 0 atom stereocenters. The average Bonchev–Trinajstić information content (AvgIpc) is 2.36. The predicted octanol–water partition coefficient (Wildman–Crippen LogP) is 3.35. The molecule has 0 saturated carbocycles. The van der Waals surface area contributed by atoms with Gasteiger partial charge in [0.05, 0.1) is 13.2 Å². The Kier molecular flexibility index (Phi) is 6.05. The first-order valence-corrected chi connectivity index (χ1v) is 6.32. The maximum absolute atomic E-state index is 11.1. The molecule has 1 aromatic carbocycles. The molecule has 0 aromatic heterocycles. The molecule has 100 valence electrons. The van der Waals surface area contributed by atoms with Crippen LogP contribution in [0.2, 0.25) is 0 Å². The number of aromatic carboxylic acids is 1. The van der Waals surface area contributed by atoms with E-state index >= 15 is 0 Å². The minimum absolute atomic E-state index is 0.176. The summed E-state index contributed by atoms with van der Waals surface area (Å²) >= 11 is 0. The number of hydrogen-bond acceptors (Lipinski definition) is 3. The Morgan fingerprint density at radius 3 is 2.56 bits per heavy atom. The fourth-order valence-corrected chi connectivity index (χ4v) is 1.43. The van der Waals surface area contributed by atoms with Gasteiger partial charge in [-0.2, -0.15) is 0 Å². The van der Waals surface area contributed by atoms with Crippen LogP contribution < -0.4 is 9.47 Å². The highest BCUT2D eigenvalue weighted by Crippen LogP contribution is 2.25. The van der Waals surface area contributed by atoms with Gasteiger partial charge < -0.3 is 14.6 Å². The summed E-state index contributed by atoms with van der Waals surface area (Å²) in [5, 5.41) is 9.07. The van der Waals surface area contributed by atoms with Crippen LogP contribution in [0.5, 0.6) is 11.5 Å². The van der Waals surface area contributed by atoms with Crippen molar-refractivity contribution in [3.63, 3.8) is 0 Å². The van der Waals surface area contributed by atoms with Crippen LogP contribution in [-0.2, 0) is 0 Å². The average molecular weight is 252 g/mol. The molecule has 1 rings (SSSR count). The molecular weight excluding hydrogens is 232 g/mol. The minimum Gasteiger partial charge on any atom is -0.493 e. The van der Waals surface area contributed by atoms with E-state index in [-0.39, 0.29) is 5.56 Å². The molecule has 1 aromatic rings. The van der Waals surface area contributed by atoms with Crippen LogP contribution in [0.1, 0.15) is 43.5 Å². The first-order chi connectivity index (χ1) is 8.69. The van der Waals surface area contributed by atoms with Gasteiger partial charge in [-0.15, -0.1) is 0 Å². The Morgan fingerprint density at radius 1 is 1.17 bits per heavy atom. The van der Waals surface area contributed by atoms with E-state index in [2.05, 4.69) is 6.92 Å². The zero-order valence-corrected chi connectivity index (χ0v) is 10.9. The maximum atomic E-state index is 11.1. The monoisotopic (exact) mass is 252 g/mol. The van der Waals surface area contributed by atoms with Crippen molar-refractivity contribution in [2.24, 2.45) is 0 Å². The van der Waals surface area contributed by atoms with Gasteiger partial charge in [0.25, 0.3) is 0 Å². The summed E-state index contributed by atoms with van der Waals surface area (Å²) < 4.78 is 11.0. The maximum Gasteiger partial charge on any atom is 0.339 e. The smallest absolute Gasteiger partial charge is 0.339 e. The quantitative estimate of drug-likeness (QED) is 0.721. The molecule has 0 radical (unpaired) electrons. The SMILES string of the molecule is CCCCOc1cc(OCCC)ccc1C(=O)O. The minimum atomic E-state index is -0.983. The van der Waals surface area contributed by atoms with E-state index in [1.165, 1.54) is 6.07 Å². The summed E-state index contributed by atoms with van der Waals surface area (Å²) in [5.41, 5.74) is 0.176. The lowest BCUT2D eigenvalue weighted by atomic mass is 10.2. The number of carboxylic acid groups (broad SMARTS) is 1. The summed E-state index contributed by atoms with van der Waals surface area (Å²) in [6.07, 6.45) is 2.82. The fourth-order valence-electron chi connectivity index (χ4n) is 1.43. The van der Waals surface area contributed by atoms with E-state index in [0.717, 1.165) is 19.3 Å². The van der Waals surface area contributed by atoms with Gasteiger partial charge in [-0.1, -0.05) is 20.3 Å². The first kappa shape index (κ1) is 14.4. The molecule has 0 fully saturated rings. The van der Waals surface area contributed by atoms with Gasteiger partial charge in [-0.3, -0.25) is 0 Å². The summed E-state index contributed by atoms with van der Waals surface area (Å²) in [7, 11) is 0. The van der Waals surface area contributed by atoms with Gasteiger partial charge in [0.2, 0.25) is 0 Å². The number of carboxylic acids is 1. The predicted molar refractivity (Wildman–Crippen MR) is 69.6 cm³/mol. The Labute approximate surface area is 108 Å². The molecule has 0 unspecified atom stereocenters. The number of ether oxygens (including phenoxy) is 2. The summed E-state index contributed by atoms with van der Waals surface area (Å²) in [4.78, 5) is 11.1. The van der Waals surface area contributed by atoms with Crippen LogP contribution in [-0.4, -0.2) is 24.3 Å². The van der Waals surface area contributed by atoms with Crippen LogP contribution in [0.3, 0.4) is 0 Å². The molecule has 0 spiro atoms. The van der Waals surface area contributed by atoms with Crippen molar-refractivity contribution in [1.82, 2.24) is 0 Å². The van der Waals surface area contributed by atoms with Gasteiger partial charge in [-0.25, -0.2) is 4.79 Å². The second kappa shape index (κ2) is 7.58. The molecule has 0 bridgehead atoms. The lowest BCUT2D eigenvalue weighted by molar-refractivity contribution is 0.0692. The fraction of sp³-hybridized carbons (Fsp3) is 0.500. The Bertz CT molecular complexity index is 387. The Morgan fingerprint density at radius 2 is 1.94 bits per heavy atom. The first-order valence-electron chi connectivity index (χ1n) is 6.32. The second-order valence-corrected chi connectivity index (χ2v) is 4.01. The number of hydrogen-bond donors (Lipinski definition) is 1. The highest BCUT2D eigenvalue weighted by molar-refractivity contribution is 5.91. The van der Waals surface area contributed by atoms with E-state index in [1.807, 2.05) is 6.92 Å². The second-order valence-electron chi connectivity index (χ2n) is 4.01. The highest BCUT2D eigenvalue weighted by atomic mass is 16.5. The Balaban J connectivity index is 2.82. The molecular formula is C14H20O4.